The van der Waals surface area contributed by atoms with E-state index < -0.39 is 0 Å². The predicted octanol–water partition coefficient (Wildman–Crippen LogP) is 5.62. The van der Waals surface area contributed by atoms with Crippen LogP contribution in [0, 0.1) is 6.92 Å². The Labute approximate surface area is 108 Å². The van der Waals surface area contributed by atoms with E-state index in [1.165, 1.54) is 16.7 Å². The number of rotatable bonds is 0. The largest absolute Gasteiger partial charge is 0.0683 e. The van der Waals surface area contributed by atoms with Crippen molar-refractivity contribution in [3.63, 3.8) is 0 Å². The van der Waals surface area contributed by atoms with Crippen molar-refractivity contribution < 1.29 is 0 Å². The van der Waals surface area contributed by atoms with Gasteiger partial charge in [-0.3, -0.25) is 0 Å². The minimum absolute atomic E-state index is 0.242. The van der Waals surface area contributed by atoms with Gasteiger partial charge in [0.15, 0.2) is 0 Å². The molecule has 1 aromatic carbocycles. The molecule has 0 amide bonds. The van der Waals surface area contributed by atoms with Gasteiger partial charge in [0.2, 0.25) is 0 Å². The van der Waals surface area contributed by atoms with E-state index in [4.69, 9.17) is 0 Å². The van der Waals surface area contributed by atoms with Crippen LogP contribution in [0.5, 0.6) is 0 Å². The fourth-order valence-electron chi connectivity index (χ4n) is 1.65. The van der Waals surface area contributed by atoms with Crippen LogP contribution in [-0.4, -0.2) is 0 Å². The van der Waals surface area contributed by atoms with E-state index in [0.717, 1.165) is 0 Å². The summed E-state index contributed by atoms with van der Waals surface area (Å²) in [5, 5.41) is 0. The lowest BCUT2D eigenvalue weighted by atomic mass is 9.80. The molecule has 0 saturated heterocycles. The predicted molar refractivity (Wildman–Crippen MR) is 79.9 cm³/mol. The summed E-state index contributed by atoms with van der Waals surface area (Å²) < 4.78 is 0. The fourth-order valence-corrected chi connectivity index (χ4v) is 1.65. The molecule has 0 saturated carbocycles. The van der Waals surface area contributed by atoms with Crippen molar-refractivity contribution in [3.8, 4) is 0 Å². The van der Waals surface area contributed by atoms with Crippen molar-refractivity contribution >= 4 is 0 Å². The summed E-state index contributed by atoms with van der Waals surface area (Å²) in [7, 11) is 0. The minimum Gasteiger partial charge on any atom is -0.0683 e. The van der Waals surface area contributed by atoms with E-state index in [1.807, 2.05) is 13.8 Å². The average Bonchev–Trinajstić information content (AvgIpc) is 2.17. The Morgan fingerprint density at radius 3 is 1.18 bits per heavy atom. The summed E-state index contributed by atoms with van der Waals surface area (Å²) >= 11 is 0. The monoisotopic (exact) mass is 234 g/mol. The molecule has 0 spiro atoms. The first-order valence-corrected chi connectivity index (χ1v) is 6.73. The van der Waals surface area contributed by atoms with Gasteiger partial charge < -0.3 is 0 Å². The maximum absolute atomic E-state index is 2.35. The van der Waals surface area contributed by atoms with Crippen molar-refractivity contribution in [1.82, 2.24) is 0 Å². The highest BCUT2D eigenvalue weighted by molar-refractivity contribution is 5.36. The van der Waals surface area contributed by atoms with E-state index in [0.29, 0.717) is 0 Å². The van der Waals surface area contributed by atoms with Crippen molar-refractivity contribution in [1.29, 1.82) is 0 Å². The SMILES string of the molecule is CC.Cc1cc(C(C)(C)C)cc(C(C)(C)C)c1. The molecular weight excluding hydrogens is 204 g/mol. The van der Waals surface area contributed by atoms with Crippen LogP contribution in [0.4, 0.5) is 0 Å². The van der Waals surface area contributed by atoms with Gasteiger partial charge in [0.25, 0.3) is 0 Å². The van der Waals surface area contributed by atoms with Crippen LogP contribution in [-0.2, 0) is 10.8 Å². The summed E-state index contributed by atoms with van der Waals surface area (Å²) in [6.45, 7) is 19.8. The van der Waals surface area contributed by atoms with Gasteiger partial charge in [-0.1, -0.05) is 79.2 Å². The molecule has 1 rings (SSSR count). The third kappa shape index (κ3) is 4.93. The zero-order valence-electron chi connectivity index (χ0n) is 13.2. The van der Waals surface area contributed by atoms with E-state index in [-0.39, 0.29) is 10.8 Å². The number of hydrogen-bond acceptors (Lipinski definition) is 0. The van der Waals surface area contributed by atoms with E-state index in [1.54, 1.807) is 0 Å². The van der Waals surface area contributed by atoms with Gasteiger partial charge in [-0.25, -0.2) is 0 Å². The first kappa shape index (κ1) is 16.2. The van der Waals surface area contributed by atoms with Gasteiger partial charge in [-0.15, -0.1) is 0 Å². The van der Waals surface area contributed by atoms with Crippen molar-refractivity contribution in [3.05, 3.63) is 34.9 Å². The molecule has 0 fully saturated rings. The highest BCUT2D eigenvalue weighted by atomic mass is 14.2. The Hall–Kier alpha value is -0.780. The lowest BCUT2D eigenvalue weighted by Crippen LogP contribution is -2.16. The highest BCUT2D eigenvalue weighted by Crippen LogP contribution is 2.29. The standard InChI is InChI=1S/C15H24.C2H6/c1-11-8-12(14(2,3)4)10-13(9-11)15(5,6)7;1-2/h8-10H,1-7H3;1-2H3. The van der Waals surface area contributed by atoms with Crippen LogP contribution < -0.4 is 0 Å². The second kappa shape index (κ2) is 5.71. The fraction of sp³-hybridized carbons (Fsp3) is 0.647. The number of hydrogen-bond donors (Lipinski definition) is 0. The van der Waals surface area contributed by atoms with Crippen LogP contribution >= 0.6 is 0 Å². The second-order valence-corrected chi connectivity index (χ2v) is 6.59. The lowest BCUT2D eigenvalue weighted by molar-refractivity contribution is 0.567. The van der Waals surface area contributed by atoms with Crippen LogP contribution in [0.15, 0.2) is 18.2 Å². The lowest BCUT2D eigenvalue weighted by Gasteiger charge is -2.25. The highest BCUT2D eigenvalue weighted by Gasteiger charge is 2.19. The van der Waals surface area contributed by atoms with E-state index in [9.17, 15) is 0 Å². The van der Waals surface area contributed by atoms with Crippen molar-refractivity contribution in [2.45, 2.75) is 73.1 Å². The Kier molecular flexibility index (Phi) is 5.45. The molecule has 0 aliphatic heterocycles. The molecule has 0 aliphatic carbocycles. The third-order valence-electron chi connectivity index (χ3n) is 2.81. The molecule has 0 unspecified atom stereocenters. The van der Waals surface area contributed by atoms with Crippen LogP contribution in [0.1, 0.15) is 72.1 Å². The molecule has 1 aromatic rings. The van der Waals surface area contributed by atoms with Gasteiger partial charge in [0.1, 0.15) is 0 Å². The molecule has 0 N–H and O–H groups in total. The third-order valence-corrected chi connectivity index (χ3v) is 2.81. The van der Waals surface area contributed by atoms with Crippen molar-refractivity contribution in [2.24, 2.45) is 0 Å². The van der Waals surface area contributed by atoms with E-state index in [2.05, 4.69) is 66.7 Å². The van der Waals surface area contributed by atoms with Gasteiger partial charge in [0, 0.05) is 0 Å². The van der Waals surface area contributed by atoms with Crippen LogP contribution in [0.3, 0.4) is 0 Å². The molecule has 0 aliphatic rings. The molecule has 0 heterocycles. The maximum Gasteiger partial charge on any atom is -0.0132 e. The topological polar surface area (TPSA) is 0 Å². The molecule has 0 atom stereocenters. The minimum atomic E-state index is 0.242. The molecule has 0 aromatic heterocycles. The smallest absolute Gasteiger partial charge is 0.0132 e. The number of aryl methyl sites for hydroxylation is 1. The zero-order chi connectivity index (χ0) is 13.9. The van der Waals surface area contributed by atoms with Gasteiger partial charge in [0.05, 0.1) is 0 Å². The maximum atomic E-state index is 2.35. The molecule has 0 heteroatoms. The number of benzene rings is 1. The summed E-state index contributed by atoms with van der Waals surface area (Å²) in [6.07, 6.45) is 0. The molecular formula is C17H30. The Bertz CT molecular complexity index is 313. The molecule has 17 heavy (non-hydrogen) atoms. The Morgan fingerprint density at radius 1 is 0.647 bits per heavy atom. The van der Waals surface area contributed by atoms with Gasteiger partial charge in [-0.05, 0) is 28.9 Å². The summed E-state index contributed by atoms with van der Waals surface area (Å²) in [5.74, 6) is 0. The first-order valence-electron chi connectivity index (χ1n) is 6.73. The first-order chi connectivity index (χ1) is 7.60. The summed E-state index contributed by atoms with van der Waals surface area (Å²) in [6, 6.07) is 6.96. The zero-order valence-corrected chi connectivity index (χ0v) is 13.2. The molecule has 0 bridgehead atoms. The van der Waals surface area contributed by atoms with Gasteiger partial charge >= 0.3 is 0 Å². The summed E-state index contributed by atoms with van der Waals surface area (Å²) in [5.41, 5.74) is 4.73. The van der Waals surface area contributed by atoms with E-state index >= 15 is 0 Å². The molecule has 98 valence electrons. The quantitative estimate of drug-likeness (QED) is 0.547. The van der Waals surface area contributed by atoms with Crippen molar-refractivity contribution in [2.75, 3.05) is 0 Å². The summed E-state index contributed by atoms with van der Waals surface area (Å²) in [4.78, 5) is 0. The average molecular weight is 234 g/mol. The van der Waals surface area contributed by atoms with Crippen LogP contribution in [0.2, 0.25) is 0 Å². The Morgan fingerprint density at radius 2 is 0.941 bits per heavy atom. The normalized spacial score (nSPS) is 11.8. The molecule has 0 radical (unpaired) electrons. The Balaban J connectivity index is 0.00000121. The molecule has 0 nitrogen and oxygen atoms in total. The van der Waals surface area contributed by atoms with Crippen LogP contribution in [0.25, 0.3) is 0 Å². The second-order valence-electron chi connectivity index (χ2n) is 6.59. The van der Waals surface area contributed by atoms with Gasteiger partial charge in [-0.2, -0.15) is 0 Å².